The highest BCUT2D eigenvalue weighted by atomic mass is 35.5. The van der Waals surface area contributed by atoms with E-state index >= 15 is 0 Å². The molecule has 0 saturated carbocycles. The van der Waals surface area contributed by atoms with Crippen molar-refractivity contribution < 1.29 is 4.74 Å². The zero-order valence-corrected chi connectivity index (χ0v) is 13.4. The lowest BCUT2D eigenvalue weighted by molar-refractivity contribution is 0.415. The van der Waals surface area contributed by atoms with E-state index in [0.29, 0.717) is 26.4 Å². The van der Waals surface area contributed by atoms with Crippen LogP contribution in [0.4, 0.5) is 0 Å². The van der Waals surface area contributed by atoms with Crippen molar-refractivity contribution in [3.8, 4) is 5.75 Å². The highest BCUT2D eigenvalue weighted by Gasteiger charge is 2.18. The number of aryl methyl sites for hydroxylation is 1. The number of halogens is 3. The van der Waals surface area contributed by atoms with Crippen LogP contribution >= 0.6 is 34.8 Å². The van der Waals surface area contributed by atoms with Crippen LogP contribution < -0.4 is 10.5 Å². The van der Waals surface area contributed by atoms with E-state index in [9.17, 15) is 0 Å². The summed E-state index contributed by atoms with van der Waals surface area (Å²) in [6, 6.07) is 8.65. The number of rotatable bonds is 3. The summed E-state index contributed by atoms with van der Waals surface area (Å²) < 4.78 is 5.13. The SMILES string of the molecule is COc1cc(Cl)c(C(N)c2cccc(C)c2Cl)cc1Cl. The number of hydrogen-bond donors (Lipinski definition) is 1. The fourth-order valence-electron chi connectivity index (χ4n) is 2.02. The number of benzene rings is 2. The molecule has 0 spiro atoms. The van der Waals surface area contributed by atoms with Gasteiger partial charge in [0.1, 0.15) is 5.75 Å². The molecule has 0 amide bonds. The maximum Gasteiger partial charge on any atom is 0.138 e. The quantitative estimate of drug-likeness (QED) is 0.858. The fraction of sp³-hybridized carbons (Fsp3) is 0.200. The van der Waals surface area contributed by atoms with Gasteiger partial charge in [-0.15, -0.1) is 0 Å². The normalized spacial score (nSPS) is 12.3. The van der Waals surface area contributed by atoms with E-state index in [2.05, 4.69) is 0 Å². The van der Waals surface area contributed by atoms with Gasteiger partial charge in [0.05, 0.1) is 18.2 Å². The van der Waals surface area contributed by atoms with Gasteiger partial charge in [-0.2, -0.15) is 0 Å². The largest absolute Gasteiger partial charge is 0.495 e. The number of ether oxygens (including phenoxy) is 1. The second-order valence-corrected chi connectivity index (χ2v) is 5.66. The molecule has 2 aromatic rings. The summed E-state index contributed by atoms with van der Waals surface area (Å²) in [5.41, 5.74) is 8.77. The van der Waals surface area contributed by atoms with Crippen molar-refractivity contribution in [3.63, 3.8) is 0 Å². The predicted molar refractivity (Wildman–Crippen MR) is 85.2 cm³/mol. The molecule has 0 aliphatic carbocycles. The van der Waals surface area contributed by atoms with Gasteiger partial charge in [0.15, 0.2) is 0 Å². The molecule has 5 heteroatoms. The lowest BCUT2D eigenvalue weighted by Crippen LogP contribution is -2.13. The average molecular weight is 331 g/mol. The Kier molecular flexibility index (Phi) is 4.82. The minimum absolute atomic E-state index is 0.446. The maximum atomic E-state index is 6.31. The van der Waals surface area contributed by atoms with Gasteiger partial charge in [0, 0.05) is 16.1 Å². The highest BCUT2D eigenvalue weighted by molar-refractivity contribution is 6.35. The third-order valence-electron chi connectivity index (χ3n) is 3.16. The number of methoxy groups -OCH3 is 1. The topological polar surface area (TPSA) is 35.2 Å². The Bertz CT molecular complexity index is 643. The minimum Gasteiger partial charge on any atom is -0.495 e. The van der Waals surface area contributed by atoms with E-state index in [4.69, 9.17) is 45.3 Å². The summed E-state index contributed by atoms with van der Waals surface area (Å²) in [4.78, 5) is 0. The molecule has 1 unspecified atom stereocenters. The molecule has 2 aromatic carbocycles. The van der Waals surface area contributed by atoms with Gasteiger partial charge in [-0.25, -0.2) is 0 Å². The maximum absolute atomic E-state index is 6.31. The van der Waals surface area contributed by atoms with Crippen LogP contribution in [0, 0.1) is 6.92 Å². The smallest absolute Gasteiger partial charge is 0.138 e. The molecule has 0 radical (unpaired) electrons. The van der Waals surface area contributed by atoms with E-state index in [-0.39, 0.29) is 0 Å². The first-order valence-electron chi connectivity index (χ1n) is 5.99. The molecule has 0 aliphatic rings. The van der Waals surface area contributed by atoms with Crippen LogP contribution in [0.1, 0.15) is 22.7 Å². The van der Waals surface area contributed by atoms with Crippen molar-refractivity contribution in [2.24, 2.45) is 5.73 Å². The van der Waals surface area contributed by atoms with Crippen LogP contribution in [-0.4, -0.2) is 7.11 Å². The van der Waals surface area contributed by atoms with Crippen LogP contribution in [0.3, 0.4) is 0 Å². The Balaban J connectivity index is 2.51. The summed E-state index contributed by atoms with van der Waals surface area (Å²) in [5.74, 6) is 0.517. The number of hydrogen-bond acceptors (Lipinski definition) is 2. The summed E-state index contributed by atoms with van der Waals surface area (Å²) in [5, 5.41) is 1.60. The van der Waals surface area contributed by atoms with Crippen molar-refractivity contribution in [3.05, 3.63) is 62.1 Å². The Morgan fingerprint density at radius 2 is 1.75 bits per heavy atom. The van der Waals surface area contributed by atoms with Gasteiger partial charge in [-0.3, -0.25) is 0 Å². The molecule has 1 atom stereocenters. The van der Waals surface area contributed by atoms with Gasteiger partial charge in [0.25, 0.3) is 0 Å². The molecule has 0 saturated heterocycles. The second-order valence-electron chi connectivity index (χ2n) is 4.46. The standard InChI is InChI=1S/C15H14Cl3NO/c1-8-4-3-5-9(14(8)18)15(19)10-6-12(17)13(20-2)7-11(10)16/h3-7,15H,19H2,1-2H3. The van der Waals surface area contributed by atoms with Crippen LogP contribution in [0.15, 0.2) is 30.3 Å². The first-order chi connectivity index (χ1) is 9.45. The van der Waals surface area contributed by atoms with Crippen LogP contribution in [0.2, 0.25) is 15.1 Å². The van der Waals surface area contributed by atoms with Gasteiger partial charge < -0.3 is 10.5 Å². The summed E-state index contributed by atoms with van der Waals surface area (Å²) in [6.45, 7) is 1.93. The van der Waals surface area contributed by atoms with Crippen molar-refractivity contribution in [1.29, 1.82) is 0 Å². The van der Waals surface area contributed by atoms with E-state index < -0.39 is 6.04 Å². The predicted octanol–water partition coefficient (Wildman–Crippen LogP) is 5.01. The van der Waals surface area contributed by atoms with Gasteiger partial charge in [0.2, 0.25) is 0 Å². The zero-order valence-electron chi connectivity index (χ0n) is 11.1. The zero-order chi connectivity index (χ0) is 14.9. The molecule has 0 fully saturated rings. The van der Waals surface area contributed by atoms with E-state index in [1.54, 1.807) is 12.1 Å². The van der Waals surface area contributed by atoms with Crippen molar-refractivity contribution in [1.82, 2.24) is 0 Å². The van der Waals surface area contributed by atoms with Crippen LogP contribution in [0.25, 0.3) is 0 Å². The molecule has 106 valence electrons. The van der Waals surface area contributed by atoms with Gasteiger partial charge in [-0.1, -0.05) is 53.0 Å². The van der Waals surface area contributed by atoms with Crippen LogP contribution in [0.5, 0.6) is 5.75 Å². The lowest BCUT2D eigenvalue weighted by Gasteiger charge is -2.18. The molecular weight excluding hydrogens is 317 g/mol. The second kappa shape index (κ2) is 6.23. The molecule has 20 heavy (non-hydrogen) atoms. The molecular formula is C15H14Cl3NO. The molecule has 0 aromatic heterocycles. The molecule has 0 heterocycles. The molecule has 2 rings (SSSR count). The van der Waals surface area contributed by atoms with Gasteiger partial charge >= 0.3 is 0 Å². The molecule has 2 N–H and O–H groups in total. The Morgan fingerprint density at radius 1 is 1.05 bits per heavy atom. The average Bonchev–Trinajstić information content (AvgIpc) is 2.43. The van der Waals surface area contributed by atoms with Crippen LogP contribution in [-0.2, 0) is 0 Å². The van der Waals surface area contributed by atoms with Crippen molar-refractivity contribution in [2.45, 2.75) is 13.0 Å². The third-order valence-corrected chi connectivity index (χ3v) is 4.30. The minimum atomic E-state index is -0.446. The van der Waals surface area contributed by atoms with Crippen molar-refractivity contribution in [2.75, 3.05) is 7.11 Å². The number of nitrogens with two attached hydrogens (primary N) is 1. The molecule has 2 nitrogen and oxygen atoms in total. The van der Waals surface area contributed by atoms with E-state index in [1.807, 2.05) is 25.1 Å². The summed E-state index contributed by atoms with van der Waals surface area (Å²) in [7, 11) is 1.54. The summed E-state index contributed by atoms with van der Waals surface area (Å²) >= 11 is 18.7. The Hall–Kier alpha value is -0.930. The van der Waals surface area contributed by atoms with E-state index in [0.717, 1.165) is 11.1 Å². The molecule has 0 aliphatic heterocycles. The van der Waals surface area contributed by atoms with E-state index in [1.165, 1.54) is 7.11 Å². The first-order valence-corrected chi connectivity index (χ1v) is 7.12. The Labute approximate surface area is 133 Å². The monoisotopic (exact) mass is 329 g/mol. The Morgan fingerprint density at radius 3 is 2.40 bits per heavy atom. The summed E-state index contributed by atoms with van der Waals surface area (Å²) in [6.07, 6.45) is 0. The van der Waals surface area contributed by atoms with Gasteiger partial charge in [-0.05, 0) is 29.7 Å². The first kappa shape index (κ1) is 15.5. The highest BCUT2D eigenvalue weighted by Crippen LogP contribution is 2.37. The third kappa shape index (κ3) is 2.89. The lowest BCUT2D eigenvalue weighted by atomic mass is 9.98. The molecule has 0 bridgehead atoms. The van der Waals surface area contributed by atoms with Crippen molar-refractivity contribution >= 4 is 34.8 Å². The fourth-order valence-corrected chi connectivity index (χ4v) is 2.78.